The molecule has 1 aliphatic heterocycles. The van der Waals surface area contributed by atoms with Crippen LogP contribution in [0.25, 0.3) is 0 Å². The van der Waals surface area contributed by atoms with Crippen LogP contribution >= 0.6 is 0 Å². The number of amides is 1. The molecule has 21 heavy (non-hydrogen) atoms. The van der Waals surface area contributed by atoms with Crippen molar-refractivity contribution >= 4 is 5.91 Å². The van der Waals surface area contributed by atoms with Crippen molar-refractivity contribution in [2.24, 2.45) is 11.7 Å². The summed E-state index contributed by atoms with van der Waals surface area (Å²) in [6, 6.07) is 8.21. The molecule has 1 aliphatic rings. The van der Waals surface area contributed by atoms with Gasteiger partial charge in [0.1, 0.15) is 0 Å². The zero-order valence-corrected chi connectivity index (χ0v) is 13.2. The van der Waals surface area contributed by atoms with Crippen molar-refractivity contribution in [3.63, 3.8) is 0 Å². The fraction of sp³-hybridized carbons (Fsp3) is 0.588. The number of carbonyl (C=O) groups excluding carboxylic acids is 1. The third-order valence-electron chi connectivity index (χ3n) is 3.92. The molecule has 4 nitrogen and oxygen atoms in total. The molecular weight excluding hydrogens is 264 g/mol. The van der Waals surface area contributed by atoms with Crippen molar-refractivity contribution in [1.82, 2.24) is 4.90 Å². The molecule has 0 aliphatic carbocycles. The van der Waals surface area contributed by atoms with E-state index in [1.165, 1.54) is 0 Å². The van der Waals surface area contributed by atoms with Gasteiger partial charge in [-0.15, -0.1) is 0 Å². The van der Waals surface area contributed by atoms with Crippen LogP contribution < -0.4 is 5.73 Å². The highest BCUT2D eigenvalue weighted by molar-refractivity contribution is 5.78. The number of benzene rings is 1. The standard InChI is InChI=1S/C17H26N2O2/c1-12(2)10-19-16(20)8-7-15(18)17(19)14-6-4-5-13(9-14)11-21-3/h4-6,9,12,15,17H,7-8,10-11,18H2,1-3H3. The molecule has 1 heterocycles. The molecule has 1 aromatic rings. The Hall–Kier alpha value is -1.39. The van der Waals surface area contributed by atoms with Crippen molar-refractivity contribution in [3.05, 3.63) is 35.4 Å². The van der Waals surface area contributed by atoms with Gasteiger partial charge in [0.15, 0.2) is 0 Å². The molecule has 1 fully saturated rings. The Labute approximate surface area is 127 Å². The molecule has 2 rings (SSSR count). The minimum absolute atomic E-state index is 0.000699. The number of rotatable bonds is 5. The molecular formula is C17H26N2O2. The fourth-order valence-corrected chi connectivity index (χ4v) is 3.05. The highest BCUT2D eigenvalue weighted by Gasteiger charge is 2.35. The van der Waals surface area contributed by atoms with Crippen molar-refractivity contribution < 1.29 is 9.53 Å². The topological polar surface area (TPSA) is 55.6 Å². The molecule has 0 radical (unpaired) electrons. The number of ether oxygens (including phenoxy) is 1. The van der Waals surface area contributed by atoms with E-state index in [-0.39, 0.29) is 18.0 Å². The summed E-state index contributed by atoms with van der Waals surface area (Å²) in [5, 5.41) is 0. The predicted molar refractivity (Wildman–Crippen MR) is 83.7 cm³/mol. The molecule has 2 atom stereocenters. The molecule has 4 heteroatoms. The minimum atomic E-state index is -0.0227. The maximum atomic E-state index is 12.3. The lowest BCUT2D eigenvalue weighted by Crippen LogP contribution is -2.50. The van der Waals surface area contributed by atoms with Gasteiger partial charge in [0.25, 0.3) is 0 Å². The zero-order chi connectivity index (χ0) is 15.4. The van der Waals surface area contributed by atoms with Crippen LogP contribution in [0.3, 0.4) is 0 Å². The Kier molecular flexibility index (Phi) is 5.37. The van der Waals surface area contributed by atoms with E-state index >= 15 is 0 Å². The number of methoxy groups -OCH3 is 1. The summed E-state index contributed by atoms with van der Waals surface area (Å²) in [4.78, 5) is 14.3. The van der Waals surface area contributed by atoms with Gasteiger partial charge >= 0.3 is 0 Å². The lowest BCUT2D eigenvalue weighted by molar-refractivity contribution is -0.138. The molecule has 0 aromatic heterocycles. The smallest absolute Gasteiger partial charge is 0.223 e. The van der Waals surface area contributed by atoms with E-state index in [0.717, 1.165) is 24.1 Å². The average Bonchev–Trinajstić information content (AvgIpc) is 2.43. The number of nitrogens with two attached hydrogens (primary N) is 1. The highest BCUT2D eigenvalue weighted by atomic mass is 16.5. The molecule has 0 saturated carbocycles. The Morgan fingerprint density at radius 3 is 2.86 bits per heavy atom. The van der Waals surface area contributed by atoms with Crippen LogP contribution in [0.1, 0.15) is 43.9 Å². The molecule has 1 saturated heterocycles. The second kappa shape index (κ2) is 7.05. The van der Waals surface area contributed by atoms with Crippen LogP contribution in [0.2, 0.25) is 0 Å². The number of carbonyl (C=O) groups is 1. The van der Waals surface area contributed by atoms with Gasteiger partial charge in [0.2, 0.25) is 5.91 Å². The summed E-state index contributed by atoms with van der Waals surface area (Å²) < 4.78 is 5.20. The van der Waals surface area contributed by atoms with Gasteiger partial charge < -0.3 is 15.4 Å². The second-order valence-electron chi connectivity index (χ2n) is 6.27. The number of piperidine rings is 1. The van der Waals surface area contributed by atoms with Gasteiger partial charge in [0, 0.05) is 26.1 Å². The van der Waals surface area contributed by atoms with E-state index in [1.54, 1.807) is 7.11 Å². The van der Waals surface area contributed by atoms with E-state index in [0.29, 0.717) is 18.9 Å². The molecule has 116 valence electrons. The van der Waals surface area contributed by atoms with Gasteiger partial charge in [-0.1, -0.05) is 38.1 Å². The molecule has 0 spiro atoms. The molecule has 2 N–H and O–H groups in total. The van der Waals surface area contributed by atoms with Crippen molar-refractivity contribution in [2.75, 3.05) is 13.7 Å². The number of hydrogen-bond donors (Lipinski definition) is 1. The lowest BCUT2D eigenvalue weighted by Gasteiger charge is -2.41. The molecule has 1 amide bonds. The van der Waals surface area contributed by atoms with E-state index in [2.05, 4.69) is 26.0 Å². The maximum absolute atomic E-state index is 12.3. The van der Waals surface area contributed by atoms with Crippen LogP contribution in [0.5, 0.6) is 0 Å². The second-order valence-corrected chi connectivity index (χ2v) is 6.27. The summed E-state index contributed by atoms with van der Waals surface area (Å²) in [7, 11) is 1.69. The van der Waals surface area contributed by atoms with E-state index in [9.17, 15) is 4.79 Å². The normalized spacial score (nSPS) is 22.9. The Morgan fingerprint density at radius 2 is 2.19 bits per heavy atom. The first-order valence-electron chi connectivity index (χ1n) is 7.65. The summed E-state index contributed by atoms with van der Waals surface area (Å²) in [5.74, 6) is 0.649. The first-order valence-corrected chi connectivity index (χ1v) is 7.65. The maximum Gasteiger partial charge on any atom is 0.223 e. The molecule has 2 unspecified atom stereocenters. The number of likely N-dealkylation sites (tertiary alicyclic amines) is 1. The van der Waals surface area contributed by atoms with E-state index in [1.807, 2.05) is 17.0 Å². The van der Waals surface area contributed by atoms with Crippen molar-refractivity contribution in [1.29, 1.82) is 0 Å². The first-order chi connectivity index (χ1) is 10.0. The summed E-state index contributed by atoms with van der Waals surface area (Å²) in [6.45, 7) is 5.59. The summed E-state index contributed by atoms with van der Waals surface area (Å²) in [5.41, 5.74) is 8.57. The Morgan fingerprint density at radius 1 is 1.43 bits per heavy atom. The van der Waals surface area contributed by atoms with Crippen LogP contribution in [0.15, 0.2) is 24.3 Å². The lowest BCUT2D eigenvalue weighted by atomic mass is 9.89. The van der Waals surface area contributed by atoms with Gasteiger partial charge in [-0.05, 0) is 23.5 Å². The van der Waals surface area contributed by atoms with E-state index in [4.69, 9.17) is 10.5 Å². The summed E-state index contributed by atoms with van der Waals surface area (Å²) in [6.07, 6.45) is 1.31. The van der Waals surface area contributed by atoms with Gasteiger partial charge in [0.05, 0.1) is 12.6 Å². The number of hydrogen-bond acceptors (Lipinski definition) is 3. The average molecular weight is 290 g/mol. The third-order valence-corrected chi connectivity index (χ3v) is 3.92. The van der Waals surface area contributed by atoms with Gasteiger partial charge in [-0.25, -0.2) is 0 Å². The SMILES string of the molecule is COCc1cccc(C2C(N)CCC(=O)N2CC(C)C)c1. The first kappa shape index (κ1) is 16.0. The number of nitrogens with zero attached hydrogens (tertiary/aromatic N) is 1. The van der Waals surface area contributed by atoms with Gasteiger partial charge in [-0.3, -0.25) is 4.79 Å². The largest absolute Gasteiger partial charge is 0.380 e. The molecule has 1 aromatic carbocycles. The van der Waals surface area contributed by atoms with Crippen LogP contribution in [-0.2, 0) is 16.1 Å². The fourth-order valence-electron chi connectivity index (χ4n) is 3.05. The van der Waals surface area contributed by atoms with Crippen molar-refractivity contribution in [3.8, 4) is 0 Å². The van der Waals surface area contributed by atoms with Crippen LogP contribution in [-0.4, -0.2) is 30.5 Å². The zero-order valence-electron chi connectivity index (χ0n) is 13.2. The third kappa shape index (κ3) is 3.83. The quantitative estimate of drug-likeness (QED) is 0.906. The Balaban J connectivity index is 2.31. The molecule has 0 bridgehead atoms. The van der Waals surface area contributed by atoms with E-state index < -0.39 is 0 Å². The van der Waals surface area contributed by atoms with Crippen LogP contribution in [0, 0.1) is 5.92 Å². The van der Waals surface area contributed by atoms with Gasteiger partial charge in [-0.2, -0.15) is 0 Å². The minimum Gasteiger partial charge on any atom is -0.380 e. The van der Waals surface area contributed by atoms with Crippen LogP contribution in [0.4, 0.5) is 0 Å². The highest BCUT2D eigenvalue weighted by Crippen LogP contribution is 2.32. The Bertz CT molecular complexity index is 487. The summed E-state index contributed by atoms with van der Waals surface area (Å²) >= 11 is 0. The monoisotopic (exact) mass is 290 g/mol. The van der Waals surface area contributed by atoms with Crippen molar-refractivity contribution in [2.45, 2.75) is 45.4 Å². The predicted octanol–water partition coefficient (Wildman–Crippen LogP) is 2.48.